The van der Waals surface area contributed by atoms with E-state index in [1.807, 2.05) is 6.92 Å². The molecule has 6 heteroatoms. The second-order valence-corrected chi connectivity index (χ2v) is 4.34. The van der Waals surface area contributed by atoms with E-state index in [-0.39, 0.29) is 6.61 Å². The molecule has 1 aliphatic carbocycles. The van der Waals surface area contributed by atoms with E-state index in [2.05, 4.69) is 5.59 Å². The number of hydrogen-bond acceptors (Lipinski definition) is 3. The van der Waals surface area contributed by atoms with Crippen LogP contribution in [0.1, 0.15) is 45.4 Å². The van der Waals surface area contributed by atoms with Gasteiger partial charge in [0.1, 0.15) is 0 Å². The Hall–Kier alpha value is -0.880. The van der Waals surface area contributed by atoms with Gasteiger partial charge in [-0.15, -0.1) is 5.01 Å². The molecule has 1 aliphatic rings. The summed E-state index contributed by atoms with van der Waals surface area (Å²) in [6.45, 7) is 3.04. The summed E-state index contributed by atoms with van der Waals surface area (Å²) in [6, 6.07) is 0.320. The van der Waals surface area contributed by atoms with Crippen molar-refractivity contribution in [1.82, 2.24) is 10.6 Å². The van der Waals surface area contributed by atoms with Gasteiger partial charge in [-0.3, -0.25) is 0 Å². The SMILES string of the molecule is CCN(C1CCCCC1)[N+](=O)NOCCCO. The van der Waals surface area contributed by atoms with Crippen LogP contribution in [0.4, 0.5) is 0 Å². The minimum atomic E-state index is 0.0701. The Balaban J connectivity index is 2.29. The number of hydrogen-bond donors (Lipinski definition) is 2. The molecule has 1 fully saturated rings. The van der Waals surface area contributed by atoms with Crippen LogP contribution < -0.4 is 5.59 Å². The molecule has 1 saturated carbocycles. The van der Waals surface area contributed by atoms with Gasteiger partial charge in [-0.2, -0.15) is 0 Å². The van der Waals surface area contributed by atoms with Gasteiger partial charge in [-0.25, -0.2) is 4.84 Å². The largest absolute Gasteiger partial charge is 0.396 e. The fourth-order valence-corrected chi connectivity index (χ4v) is 2.20. The first-order valence-corrected chi connectivity index (χ1v) is 6.51. The smallest absolute Gasteiger partial charge is 0.274 e. The van der Waals surface area contributed by atoms with Crippen LogP contribution in [0.3, 0.4) is 0 Å². The van der Waals surface area contributed by atoms with Crippen molar-refractivity contribution in [1.29, 1.82) is 0 Å². The maximum atomic E-state index is 11.8. The Morgan fingerprint density at radius 3 is 2.71 bits per heavy atom. The van der Waals surface area contributed by atoms with Crippen LogP contribution in [0, 0.1) is 4.91 Å². The lowest BCUT2D eigenvalue weighted by Crippen LogP contribution is -2.48. The number of nitroso groups, excluding NO2 is 1. The summed E-state index contributed by atoms with van der Waals surface area (Å²) in [7, 11) is 0. The highest BCUT2D eigenvalue weighted by atomic mass is 16.7. The summed E-state index contributed by atoms with van der Waals surface area (Å²) in [4.78, 5) is 17.4. The van der Waals surface area contributed by atoms with Crippen LogP contribution >= 0.6 is 0 Å². The Labute approximate surface area is 102 Å². The topological polar surface area (TPSA) is 64.8 Å². The van der Waals surface area contributed by atoms with Crippen molar-refractivity contribution in [3.63, 3.8) is 0 Å². The molecule has 0 aliphatic heterocycles. The van der Waals surface area contributed by atoms with Crippen LogP contribution in [-0.4, -0.2) is 40.9 Å². The van der Waals surface area contributed by atoms with Gasteiger partial charge in [0.05, 0.1) is 24.1 Å². The Morgan fingerprint density at radius 2 is 2.12 bits per heavy atom. The fourth-order valence-electron chi connectivity index (χ4n) is 2.20. The van der Waals surface area contributed by atoms with Crippen molar-refractivity contribution < 1.29 is 14.9 Å². The van der Waals surface area contributed by atoms with E-state index in [0.29, 0.717) is 30.6 Å². The first-order valence-electron chi connectivity index (χ1n) is 6.51. The summed E-state index contributed by atoms with van der Waals surface area (Å²) in [5.41, 5.74) is 2.36. The van der Waals surface area contributed by atoms with Crippen molar-refractivity contribution in [2.45, 2.75) is 51.5 Å². The Bertz CT molecular complexity index is 220. The summed E-state index contributed by atoms with van der Waals surface area (Å²) in [5.74, 6) is 0. The molecule has 17 heavy (non-hydrogen) atoms. The number of aliphatic hydroxyl groups is 1. The van der Waals surface area contributed by atoms with E-state index in [0.717, 1.165) is 12.8 Å². The molecule has 6 nitrogen and oxygen atoms in total. The third-order valence-corrected chi connectivity index (χ3v) is 3.10. The van der Waals surface area contributed by atoms with Gasteiger partial charge in [-0.1, -0.05) is 19.3 Å². The van der Waals surface area contributed by atoms with Gasteiger partial charge in [0.25, 0.3) is 4.98 Å². The third kappa shape index (κ3) is 4.87. The van der Waals surface area contributed by atoms with E-state index >= 15 is 0 Å². The van der Waals surface area contributed by atoms with Gasteiger partial charge in [0, 0.05) is 12.2 Å². The highest BCUT2D eigenvalue weighted by Gasteiger charge is 2.30. The summed E-state index contributed by atoms with van der Waals surface area (Å²) >= 11 is 0. The number of rotatable bonds is 8. The lowest BCUT2D eigenvalue weighted by Gasteiger charge is -2.25. The molecular weight excluding hydrogens is 222 g/mol. The molecule has 100 valence electrons. The van der Waals surface area contributed by atoms with Crippen LogP contribution in [0.25, 0.3) is 0 Å². The van der Waals surface area contributed by atoms with E-state index in [1.165, 1.54) is 19.3 Å². The summed E-state index contributed by atoms with van der Waals surface area (Å²) < 4.78 is 0. The predicted octanol–water partition coefficient (Wildman–Crippen LogP) is 1.15. The van der Waals surface area contributed by atoms with Crippen LogP contribution in [0.2, 0.25) is 0 Å². The molecule has 0 amide bonds. The lowest BCUT2D eigenvalue weighted by molar-refractivity contribution is -0.794. The molecule has 0 aromatic rings. The second-order valence-electron chi connectivity index (χ2n) is 4.34. The number of hydrazine groups is 2. The quantitative estimate of drug-likeness (QED) is 0.382. The zero-order valence-electron chi connectivity index (χ0n) is 10.6. The molecule has 0 radical (unpaired) electrons. The molecule has 0 spiro atoms. The number of nitrogens with zero attached hydrogens (tertiary/aromatic N) is 2. The lowest BCUT2D eigenvalue weighted by atomic mass is 9.95. The van der Waals surface area contributed by atoms with Gasteiger partial charge >= 0.3 is 0 Å². The summed E-state index contributed by atoms with van der Waals surface area (Å²) in [6.07, 6.45) is 6.33. The molecule has 0 heterocycles. The van der Waals surface area contributed by atoms with Crippen molar-refractivity contribution in [2.75, 3.05) is 19.8 Å². The molecule has 2 N–H and O–H groups in total. The van der Waals surface area contributed by atoms with Crippen molar-refractivity contribution in [2.24, 2.45) is 0 Å². The molecule has 0 bridgehead atoms. The van der Waals surface area contributed by atoms with Crippen molar-refractivity contribution in [3.8, 4) is 0 Å². The molecule has 0 aromatic carbocycles. The van der Waals surface area contributed by atoms with Gasteiger partial charge < -0.3 is 5.11 Å². The normalized spacial score (nSPS) is 16.8. The Kier molecular flexibility index (Phi) is 6.88. The standard InChI is InChI=1S/C11H24N3O3/c1-2-13(11-7-4-3-5-8-11)14(16)12-17-10-6-9-15/h11,15H,2-10H2,1H3,(H,12,16)/q+1. The minimum absolute atomic E-state index is 0.0701. The van der Waals surface area contributed by atoms with E-state index in [4.69, 9.17) is 9.94 Å². The average Bonchev–Trinajstić information content (AvgIpc) is 2.37. The number of nitrogens with one attached hydrogen (secondary N) is 1. The fraction of sp³-hybridized carbons (Fsp3) is 1.00. The first kappa shape index (κ1) is 14.2. The molecule has 0 unspecified atom stereocenters. The molecule has 0 atom stereocenters. The molecule has 0 aromatic heterocycles. The zero-order chi connectivity index (χ0) is 12.5. The summed E-state index contributed by atoms with van der Waals surface area (Å²) in [5, 5.41) is 10.3. The van der Waals surface area contributed by atoms with E-state index < -0.39 is 0 Å². The van der Waals surface area contributed by atoms with Crippen LogP contribution in [0.15, 0.2) is 0 Å². The highest BCUT2D eigenvalue weighted by molar-refractivity contribution is 4.69. The first-order chi connectivity index (χ1) is 8.29. The minimum Gasteiger partial charge on any atom is -0.396 e. The maximum absolute atomic E-state index is 11.8. The van der Waals surface area contributed by atoms with E-state index in [9.17, 15) is 4.91 Å². The van der Waals surface area contributed by atoms with Gasteiger partial charge in [0.2, 0.25) is 0 Å². The predicted molar refractivity (Wildman–Crippen MR) is 63.7 cm³/mol. The molecular formula is C11H24N3O3+. The zero-order valence-corrected chi connectivity index (χ0v) is 10.6. The monoisotopic (exact) mass is 246 g/mol. The second kappa shape index (κ2) is 8.25. The Morgan fingerprint density at radius 1 is 1.41 bits per heavy atom. The van der Waals surface area contributed by atoms with Gasteiger partial charge in [0.15, 0.2) is 0 Å². The van der Waals surface area contributed by atoms with Crippen LogP contribution in [-0.2, 0) is 4.84 Å². The number of aliphatic hydroxyl groups excluding tert-OH is 1. The third-order valence-electron chi connectivity index (χ3n) is 3.10. The van der Waals surface area contributed by atoms with Gasteiger partial charge in [-0.05, 0) is 26.2 Å². The average molecular weight is 246 g/mol. The van der Waals surface area contributed by atoms with E-state index in [1.54, 1.807) is 5.01 Å². The van der Waals surface area contributed by atoms with Crippen LogP contribution in [0.5, 0.6) is 0 Å². The molecule has 1 rings (SSSR count). The van der Waals surface area contributed by atoms with Crippen molar-refractivity contribution >= 4 is 0 Å². The molecule has 0 saturated heterocycles. The highest BCUT2D eigenvalue weighted by Crippen LogP contribution is 2.22. The van der Waals surface area contributed by atoms with Crippen molar-refractivity contribution in [3.05, 3.63) is 4.91 Å². The maximum Gasteiger partial charge on any atom is 0.274 e.